The summed E-state index contributed by atoms with van der Waals surface area (Å²) in [6.07, 6.45) is 2.49. The first kappa shape index (κ1) is 13.7. The third-order valence-electron chi connectivity index (χ3n) is 3.04. The van der Waals surface area contributed by atoms with Crippen molar-refractivity contribution in [2.45, 2.75) is 19.9 Å². The Morgan fingerprint density at radius 3 is 3.11 bits per heavy atom. The predicted octanol–water partition coefficient (Wildman–Crippen LogP) is 0.803. The Morgan fingerprint density at radius 2 is 2.32 bits per heavy atom. The van der Waals surface area contributed by atoms with Crippen molar-refractivity contribution in [1.29, 1.82) is 0 Å². The third-order valence-corrected chi connectivity index (χ3v) is 3.04. The lowest BCUT2D eigenvalue weighted by atomic mass is 10.1. The van der Waals surface area contributed by atoms with Crippen LogP contribution in [0.1, 0.15) is 19.0 Å². The zero-order chi connectivity index (χ0) is 13.7. The zero-order valence-electron chi connectivity index (χ0n) is 11.0. The standard InChI is InChI=1S/C14H19N3O2/c1-11(5-7-18)9-15-10-12-8-14(19)17-6-3-2-4-13(17)16-12/h2-4,6,8,11,15,18H,5,7,9-10H2,1H3. The molecule has 5 nitrogen and oxygen atoms in total. The van der Waals surface area contributed by atoms with Crippen molar-refractivity contribution >= 4 is 5.65 Å². The van der Waals surface area contributed by atoms with Crippen LogP contribution in [-0.2, 0) is 6.54 Å². The molecule has 0 radical (unpaired) electrons. The zero-order valence-corrected chi connectivity index (χ0v) is 11.0. The number of hydrogen-bond donors (Lipinski definition) is 2. The van der Waals surface area contributed by atoms with E-state index < -0.39 is 0 Å². The molecular formula is C14H19N3O2. The van der Waals surface area contributed by atoms with E-state index in [1.54, 1.807) is 12.3 Å². The fourth-order valence-corrected chi connectivity index (χ4v) is 1.96. The van der Waals surface area contributed by atoms with Crippen LogP contribution in [0.4, 0.5) is 0 Å². The highest BCUT2D eigenvalue weighted by Gasteiger charge is 2.03. The van der Waals surface area contributed by atoms with Crippen LogP contribution in [-0.4, -0.2) is 27.6 Å². The van der Waals surface area contributed by atoms with Gasteiger partial charge in [0.2, 0.25) is 0 Å². The minimum atomic E-state index is -0.0641. The summed E-state index contributed by atoms with van der Waals surface area (Å²) in [5.41, 5.74) is 1.34. The first-order chi connectivity index (χ1) is 9.20. The van der Waals surface area contributed by atoms with Gasteiger partial charge in [-0.2, -0.15) is 0 Å². The number of aromatic nitrogens is 2. The molecule has 1 atom stereocenters. The Bertz CT molecular complexity index is 595. The maximum Gasteiger partial charge on any atom is 0.258 e. The second-order valence-corrected chi connectivity index (χ2v) is 4.76. The molecular weight excluding hydrogens is 242 g/mol. The Balaban J connectivity index is 2.03. The van der Waals surface area contributed by atoms with E-state index in [1.807, 2.05) is 18.2 Å². The van der Waals surface area contributed by atoms with Crippen molar-refractivity contribution < 1.29 is 5.11 Å². The van der Waals surface area contributed by atoms with Gasteiger partial charge in [0.1, 0.15) is 5.65 Å². The van der Waals surface area contributed by atoms with Crippen LogP contribution >= 0.6 is 0 Å². The van der Waals surface area contributed by atoms with Crippen LogP contribution in [0.2, 0.25) is 0 Å². The van der Waals surface area contributed by atoms with E-state index in [2.05, 4.69) is 17.2 Å². The summed E-state index contributed by atoms with van der Waals surface area (Å²) < 4.78 is 1.53. The van der Waals surface area contributed by atoms with Crippen molar-refractivity contribution in [3.05, 3.63) is 46.5 Å². The van der Waals surface area contributed by atoms with Crippen molar-refractivity contribution in [3.63, 3.8) is 0 Å². The highest BCUT2D eigenvalue weighted by Crippen LogP contribution is 2.01. The number of nitrogens with zero attached hydrogens (tertiary/aromatic N) is 2. The van der Waals surface area contributed by atoms with Gasteiger partial charge in [-0.25, -0.2) is 4.98 Å². The first-order valence-electron chi connectivity index (χ1n) is 6.49. The van der Waals surface area contributed by atoms with Crippen LogP contribution < -0.4 is 10.9 Å². The van der Waals surface area contributed by atoms with Gasteiger partial charge in [0.25, 0.3) is 5.56 Å². The molecule has 0 fully saturated rings. The molecule has 0 aliphatic rings. The fourth-order valence-electron chi connectivity index (χ4n) is 1.96. The van der Waals surface area contributed by atoms with E-state index in [1.165, 1.54) is 4.40 Å². The molecule has 2 heterocycles. The number of hydrogen-bond acceptors (Lipinski definition) is 4. The smallest absolute Gasteiger partial charge is 0.258 e. The van der Waals surface area contributed by atoms with Crippen molar-refractivity contribution in [1.82, 2.24) is 14.7 Å². The quantitative estimate of drug-likeness (QED) is 0.807. The van der Waals surface area contributed by atoms with Crippen LogP contribution in [0.25, 0.3) is 5.65 Å². The summed E-state index contributed by atoms with van der Waals surface area (Å²) in [5.74, 6) is 0.409. The van der Waals surface area contributed by atoms with E-state index >= 15 is 0 Å². The fraction of sp³-hybridized carbons (Fsp3) is 0.429. The lowest BCUT2D eigenvalue weighted by Crippen LogP contribution is -2.24. The third kappa shape index (κ3) is 3.62. The minimum absolute atomic E-state index is 0.0641. The second kappa shape index (κ2) is 6.45. The Hall–Kier alpha value is -1.72. The average Bonchev–Trinajstić information content (AvgIpc) is 2.39. The largest absolute Gasteiger partial charge is 0.396 e. The molecule has 1 unspecified atom stereocenters. The molecule has 0 aliphatic heterocycles. The lowest BCUT2D eigenvalue weighted by molar-refractivity contribution is 0.260. The van der Waals surface area contributed by atoms with Crippen LogP contribution in [0.3, 0.4) is 0 Å². The molecule has 0 bridgehead atoms. The molecule has 0 saturated carbocycles. The number of aliphatic hydroxyl groups is 1. The number of pyridine rings is 1. The van der Waals surface area contributed by atoms with E-state index in [4.69, 9.17) is 5.11 Å². The number of fused-ring (bicyclic) bond motifs is 1. The molecule has 19 heavy (non-hydrogen) atoms. The summed E-state index contributed by atoms with van der Waals surface area (Å²) in [6.45, 7) is 3.65. The molecule has 2 rings (SSSR count). The number of aliphatic hydroxyl groups excluding tert-OH is 1. The maximum atomic E-state index is 11.9. The average molecular weight is 261 g/mol. The van der Waals surface area contributed by atoms with Crippen LogP contribution in [0.5, 0.6) is 0 Å². The van der Waals surface area contributed by atoms with Crippen molar-refractivity contribution in [2.24, 2.45) is 5.92 Å². The van der Waals surface area contributed by atoms with Crippen molar-refractivity contribution in [3.8, 4) is 0 Å². The van der Waals surface area contributed by atoms with Gasteiger partial charge < -0.3 is 10.4 Å². The van der Waals surface area contributed by atoms with E-state index in [9.17, 15) is 4.79 Å². The Kier molecular flexibility index (Phi) is 4.65. The molecule has 102 valence electrons. The van der Waals surface area contributed by atoms with Crippen molar-refractivity contribution in [2.75, 3.05) is 13.2 Å². The van der Waals surface area contributed by atoms with Gasteiger partial charge in [-0.3, -0.25) is 9.20 Å². The van der Waals surface area contributed by atoms with Gasteiger partial charge >= 0.3 is 0 Å². The summed E-state index contributed by atoms with van der Waals surface area (Å²) in [5, 5.41) is 12.1. The number of nitrogens with one attached hydrogen (secondary N) is 1. The van der Waals surface area contributed by atoms with Gasteiger partial charge in [-0.15, -0.1) is 0 Å². The molecule has 0 amide bonds. The summed E-state index contributed by atoms with van der Waals surface area (Å²) in [6, 6.07) is 7.04. The highest BCUT2D eigenvalue weighted by atomic mass is 16.3. The molecule has 2 aromatic rings. The van der Waals surface area contributed by atoms with Crippen LogP contribution in [0.15, 0.2) is 35.3 Å². The normalized spacial score (nSPS) is 12.7. The second-order valence-electron chi connectivity index (χ2n) is 4.76. The Morgan fingerprint density at radius 1 is 1.47 bits per heavy atom. The Labute approximate surface area is 111 Å². The van der Waals surface area contributed by atoms with Gasteiger partial charge in [0.05, 0.1) is 5.69 Å². The molecule has 0 aliphatic carbocycles. The highest BCUT2D eigenvalue weighted by molar-refractivity contribution is 5.37. The monoisotopic (exact) mass is 261 g/mol. The molecule has 0 aromatic carbocycles. The number of rotatable bonds is 6. The lowest BCUT2D eigenvalue weighted by Gasteiger charge is -2.11. The van der Waals surface area contributed by atoms with Gasteiger partial charge in [-0.05, 0) is 31.0 Å². The van der Waals surface area contributed by atoms with Crippen LogP contribution in [0, 0.1) is 5.92 Å². The van der Waals surface area contributed by atoms with E-state index in [-0.39, 0.29) is 12.2 Å². The maximum absolute atomic E-state index is 11.9. The molecule has 2 N–H and O–H groups in total. The summed E-state index contributed by atoms with van der Waals surface area (Å²) in [4.78, 5) is 16.3. The SMILES string of the molecule is CC(CCO)CNCc1cc(=O)n2ccccc2n1. The van der Waals surface area contributed by atoms with Gasteiger partial charge in [0, 0.05) is 25.4 Å². The molecule has 0 saturated heterocycles. The van der Waals surface area contributed by atoms with E-state index in [0.717, 1.165) is 18.7 Å². The minimum Gasteiger partial charge on any atom is -0.396 e. The molecule has 0 spiro atoms. The summed E-state index contributed by atoms with van der Waals surface area (Å²) in [7, 11) is 0. The molecule has 2 aromatic heterocycles. The van der Waals surface area contributed by atoms with Gasteiger partial charge in [0.15, 0.2) is 0 Å². The molecule has 5 heteroatoms. The van der Waals surface area contributed by atoms with E-state index in [0.29, 0.717) is 18.1 Å². The first-order valence-corrected chi connectivity index (χ1v) is 6.49. The van der Waals surface area contributed by atoms with Gasteiger partial charge in [-0.1, -0.05) is 13.0 Å². The predicted molar refractivity (Wildman–Crippen MR) is 74.0 cm³/mol. The summed E-state index contributed by atoms with van der Waals surface area (Å²) >= 11 is 0. The topological polar surface area (TPSA) is 66.6 Å².